The standard InChI is InChI=1S/C15H11IN4O2S/c1-10-4-6-11(7-5-10)22-23(21)20-19-13-9-15(18-3)14(17-2)8-12(13)16/h4-9,19-20H,1H3. The van der Waals surface area contributed by atoms with Gasteiger partial charge in [0.2, 0.25) is 0 Å². The molecular weight excluding hydrogens is 427 g/mol. The van der Waals surface area contributed by atoms with E-state index < -0.39 is 11.3 Å². The van der Waals surface area contributed by atoms with Crippen LogP contribution in [-0.2, 0) is 11.3 Å². The summed E-state index contributed by atoms with van der Waals surface area (Å²) >= 11 is 0.223. The first-order valence-electron chi connectivity index (χ1n) is 6.30. The third-order valence-corrected chi connectivity index (χ3v) is 4.27. The number of rotatable bonds is 5. The Bertz CT molecular complexity index is 825. The second-order valence-electron chi connectivity index (χ2n) is 4.40. The Kier molecular flexibility index (Phi) is 5.93. The van der Waals surface area contributed by atoms with Crippen molar-refractivity contribution in [3.05, 3.63) is 68.4 Å². The van der Waals surface area contributed by atoms with Crippen LogP contribution < -0.4 is 14.4 Å². The molecule has 1 atom stereocenters. The molecule has 23 heavy (non-hydrogen) atoms. The summed E-state index contributed by atoms with van der Waals surface area (Å²) in [6, 6.07) is 10.3. The molecule has 0 aliphatic carbocycles. The Hall–Kier alpha value is -2.14. The number of anilines is 1. The number of hydrogen-bond donors (Lipinski definition) is 2. The van der Waals surface area contributed by atoms with Crippen molar-refractivity contribution in [1.29, 1.82) is 0 Å². The summed E-state index contributed by atoms with van der Waals surface area (Å²) in [6.07, 6.45) is 0. The van der Waals surface area contributed by atoms with E-state index in [1.165, 1.54) is 6.07 Å². The Morgan fingerprint density at radius 3 is 2.35 bits per heavy atom. The quantitative estimate of drug-likeness (QED) is 0.417. The van der Waals surface area contributed by atoms with Crippen LogP contribution in [0.1, 0.15) is 5.56 Å². The maximum absolute atomic E-state index is 11.9. The summed E-state index contributed by atoms with van der Waals surface area (Å²) in [6.45, 7) is 16.1. The van der Waals surface area contributed by atoms with Crippen molar-refractivity contribution in [2.75, 3.05) is 5.43 Å². The molecule has 0 fully saturated rings. The second-order valence-corrected chi connectivity index (χ2v) is 6.40. The van der Waals surface area contributed by atoms with Gasteiger partial charge >= 0.3 is 11.3 Å². The van der Waals surface area contributed by atoms with Crippen LogP contribution in [0.2, 0.25) is 0 Å². The van der Waals surface area contributed by atoms with Crippen LogP contribution in [0.3, 0.4) is 0 Å². The molecule has 1 unspecified atom stereocenters. The second kappa shape index (κ2) is 7.92. The van der Waals surface area contributed by atoms with Crippen LogP contribution in [0.5, 0.6) is 5.75 Å². The van der Waals surface area contributed by atoms with Crippen molar-refractivity contribution in [3.8, 4) is 5.75 Å². The average molecular weight is 438 g/mol. The van der Waals surface area contributed by atoms with Crippen LogP contribution in [0.4, 0.5) is 17.1 Å². The molecule has 116 valence electrons. The van der Waals surface area contributed by atoms with Crippen molar-refractivity contribution >= 4 is 50.9 Å². The number of nitrogens with zero attached hydrogens (tertiary/aromatic N) is 2. The molecule has 6 nitrogen and oxygen atoms in total. The summed E-state index contributed by atoms with van der Waals surface area (Å²) in [4.78, 5) is 9.11. The van der Waals surface area contributed by atoms with E-state index in [9.17, 15) is 4.21 Å². The van der Waals surface area contributed by atoms with Gasteiger partial charge in [0.1, 0.15) is 5.75 Å². The van der Waals surface area contributed by atoms with E-state index in [1.807, 2.05) is 41.6 Å². The van der Waals surface area contributed by atoms with E-state index in [1.54, 1.807) is 18.2 Å². The monoisotopic (exact) mass is 438 g/mol. The highest BCUT2D eigenvalue weighted by atomic mass is 127. The highest BCUT2D eigenvalue weighted by Gasteiger charge is 2.09. The molecule has 0 aliphatic rings. The van der Waals surface area contributed by atoms with Crippen LogP contribution in [0, 0.1) is 23.6 Å². The lowest BCUT2D eigenvalue weighted by atomic mass is 10.2. The number of aryl methyl sites for hydroxylation is 1. The lowest BCUT2D eigenvalue weighted by Gasteiger charge is -2.11. The van der Waals surface area contributed by atoms with Gasteiger partial charge in [-0.05, 0) is 47.7 Å². The van der Waals surface area contributed by atoms with E-state index in [0.717, 1.165) is 9.13 Å². The zero-order valence-corrected chi connectivity index (χ0v) is 14.9. The van der Waals surface area contributed by atoms with Crippen molar-refractivity contribution < 1.29 is 8.39 Å². The van der Waals surface area contributed by atoms with Gasteiger partial charge in [-0.1, -0.05) is 23.8 Å². The van der Waals surface area contributed by atoms with Gasteiger partial charge in [0.05, 0.1) is 18.8 Å². The van der Waals surface area contributed by atoms with Gasteiger partial charge in [-0.25, -0.2) is 0 Å². The lowest BCUT2D eigenvalue weighted by molar-refractivity contribution is 0.553. The molecule has 0 heterocycles. The third kappa shape index (κ3) is 4.66. The van der Waals surface area contributed by atoms with Crippen LogP contribution in [0.25, 0.3) is 9.69 Å². The molecule has 0 radical (unpaired) electrons. The zero-order valence-electron chi connectivity index (χ0n) is 12.0. The molecule has 0 saturated heterocycles. The van der Waals surface area contributed by atoms with E-state index in [-0.39, 0.29) is 11.4 Å². The first-order chi connectivity index (χ1) is 11.0. The van der Waals surface area contributed by atoms with Gasteiger partial charge in [0.25, 0.3) is 0 Å². The Balaban J connectivity index is 2.03. The summed E-state index contributed by atoms with van der Waals surface area (Å²) in [5.41, 5.74) is 4.88. The van der Waals surface area contributed by atoms with E-state index in [4.69, 9.17) is 17.3 Å². The van der Waals surface area contributed by atoms with Gasteiger partial charge in [-0.3, -0.25) is 9.69 Å². The van der Waals surface area contributed by atoms with Gasteiger partial charge < -0.3 is 9.61 Å². The van der Waals surface area contributed by atoms with Crippen LogP contribution >= 0.6 is 22.6 Å². The fraction of sp³-hybridized carbons (Fsp3) is 0.0667. The van der Waals surface area contributed by atoms with E-state index in [0.29, 0.717) is 11.4 Å². The van der Waals surface area contributed by atoms with Crippen LogP contribution in [0.15, 0.2) is 36.4 Å². The largest absolute Gasteiger partial charge is 0.388 e. The normalized spacial score (nSPS) is 11.1. The molecule has 2 aromatic rings. The van der Waals surface area contributed by atoms with Gasteiger partial charge in [-0.15, -0.1) is 4.83 Å². The SMILES string of the molecule is [C-]#[N+]c1cc(I)c(NNS(=O)Oc2ccc(C)cc2)cc1[N+]#[C-]. The Morgan fingerprint density at radius 2 is 1.74 bits per heavy atom. The molecule has 8 heteroatoms. The predicted molar refractivity (Wildman–Crippen MR) is 98.4 cm³/mol. The lowest BCUT2D eigenvalue weighted by Crippen LogP contribution is -2.27. The van der Waals surface area contributed by atoms with E-state index >= 15 is 0 Å². The predicted octanol–water partition coefficient (Wildman–Crippen LogP) is 4.28. The highest BCUT2D eigenvalue weighted by Crippen LogP contribution is 2.34. The van der Waals surface area contributed by atoms with Crippen molar-refractivity contribution in [1.82, 2.24) is 4.83 Å². The third-order valence-electron chi connectivity index (χ3n) is 2.77. The Labute approximate surface area is 150 Å². The molecule has 2 N–H and O–H groups in total. The number of halogens is 1. The molecule has 0 bridgehead atoms. The number of nitrogens with one attached hydrogen (secondary N) is 2. The van der Waals surface area contributed by atoms with Gasteiger partial charge in [-0.2, -0.15) is 4.21 Å². The zero-order chi connectivity index (χ0) is 16.8. The van der Waals surface area contributed by atoms with Crippen LogP contribution in [-0.4, -0.2) is 4.21 Å². The maximum atomic E-state index is 11.9. The fourth-order valence-corrected chi connectivity index (χ4v) is 2.73. The number of hydrogen-bond acceptors (Lipinski definition) is 3. The molecule has 0 saturated carbocycles. The highest BCUT2D eigenvalue weighted by molar-refractivity contribution is 14.1. The minimum absolute atomic E-state index is 0.231. The fourth-order valence-electron chi connectivity index (χ4n) is 1.62. The summed E-state index contributed by atoms with van der Waals surface area (Å²) < 4.78 is 17.8. The van der Waals surface area contributed by atoms with Crippen molar-refractivity contribution in [2.24, 2.45) is 0 Å². The smallest absolute Gasteiger partial charge is 0.306 e. The van der Waals surface area contributed by atoms with E-state index in [2.05, 4.69) is 19.9 Å². The summed E-state index contributed by atoms with van der Waals surface area (Å²) in [5.74, 6) is 0.475. The molecule has 0 aromatic heterocycles. The number of hydrazine groups is 1. The van der Waals surface area contributed by atoms with Crippen molar-refractivity contribution in [3.63, 3.8) is 0 Å². The average Bonchev–Trinajstić information content (AvgIpc) is 2.55. The van der Waals surface area contributed by atoms with Gasteiger partial charge in [0, 0.05) is 3.57 Å². The van der Waals surface area contributed by atoms with Crippen molar-refractivity contribution in [2.45, 2.75) is 6.92 Å². The minimum atomic E-state index is -1.80. The van der Waals surface area contributed by atoms with Gasteiger partial charge in [0.15, 0.2) is 11.4 Å². The molecule has 0 aliphatic heterocycles. The first kappa shape index (κ1) is 17.2. The topological polar surface area (TPSA) is 59.1 Å². The molecular formula is C15H11IN4O2S. The summed E-state index contributed by atoms with van der Waals surface area (Å²) in [7, 11) is 0. The Morgan fingerprint density at radius 1 is 1.13 bits per heavy atom. The molecule has 0 amide bonds. The minimum Gasteiger partial charge on any atom is -0.388 e. The first-order valence-corrected chi connectivity index (χ1v) is 8.45. The molecule has 2 aromatic carbocycles. The molecule has 2 rings (SSSR count). The number of benzene rings is 2. The maximum Gasteiger partial charge on any atom is 0.306 e. The molecule has 0 spiro atoms. The summed E-state index contributed by atoms with van der Waals surface area (Å²) in [5, 5.41) is 0.